The Bertz CT molecular complexity index is 97.8. The van der Waals surface area contributed by atoms with Crippen molar-refractivity contribution < 1.29 is 24.0 Å². The highest BCUT2D eigenvalue weighted by Gasteiger charge is 2.10. The largest absolute Gasteiger partial charge is 0.469 e. The Kier molecular flexibility index (Phi) is 9.13. The minimum atomic E-state index is -4.17. The first kappa shape index (κ1) is 12.7. The summed E-state index contributed by atoms with van der Waals surface area (Å²) < 4.78 is 13.6. The lowest BCUT2D eigenvalue weighted by Gasteiger charge is -1.98. The summed E-state index contributed by atoms with van der Waals surface area (Å²) in [7, 11) is -4.17. The topological polar surface area (TPSA) is 87.0 Å². The number of phosphoric acid groups is 1. The van der Waals surface area contributed by atoms with E-state index in [1.165, 1.54) is 6.92 Å². The second-order valence-corrected chi connectivity index (χ2v) is 2.46. The Morgan fingerprint density at radius 3 is 1.70 bits per heavy atom. The van der Waals surface area contributed by atoms with Crippen LogP contribution >= 0.6 is 7.82 Å². The van der Waals surface area contributed by atoms with Crippen LogP contribution in [0.5, 0.6) is 0 Å². The highest BCUT2D eigenvalue weighted by Crippen LogP contribution is 2.34. The molecule has 3 N–H and O–H groups in total. The van der Waals surface area contributed by atoms with Crippen LogP contribution in [0.1, 0.15) is 13.8 Å². The maximum absolute atomic E-state index is 9.70. The number of aliphatic hydroxyl groups excluding tert-OH is 1. The molecular weight excluding hydrogens is 159 g/mol. The summed E-state index contributed by atoms with van der Waals surface area (Å²) in [5.41, 5.74) is 0. The molecule has 0 atom stereocenters. The van der Waals surface area contributed by atoms with Gasteiger partial charge in [0.05, 0.1) is 6.61 Å². The van der Waals surface area contributed by atoms with Gasteiger partial charge in [-0.25, -0.2) is 4.57 Å². The number of aliphatic hydroxyl groups is 1. The van der Waals surface area contributed by atoms with Gasteiger partial charge in [-0.1, -0.05) is 0 Å². The zero-order chi connectivity index (χ0) is 8.62. The lowest BCUT2D eigenvalue weighted by molar-refractivity contribution is 0.206. The number of phosphoric ester groups is 1. The molecule has 0 saturated carbocycles. The minimum absolute atomic E-state index is 0.0459. The molecule has 0 aromatic heterocycles. The molecule has 10 heavy (non-hydrogen) atoms. The molecule has 0 bridgehead atoms. The van der Waals surface area contributed by atoms with Crippen molar-refractivity contribution in [2.24, 2.45) is 0 Å². The molecule has 0 heterocycles. The van der Waals surface area contributed by atoms with Crippen LogP contribution in [-0.4, -0.2) is 28.1 Å². The van der Waals surface area contributed by atoms with E-state index in [0.717, 1.165) is 0 Å². The van der Waals surface area contributed by atoms with Gasteiger partial charge in [0, 0.05) is 6.61 Å². The van der Waals surface area contributed by atoms with Gasteiger partial charge in [0.25, 0.3) is 0 Å². The minimum Gasteiger partial charge on any atom is -0.397 e. The zero-order valence-corrected chi connectivity index (χ0v) is 6.91. The molecule has 0 unspecified atom stereocenters. The van der Waals surface area contributed by atoms with E-state index in [1.54, 1.807) is 6.92 Å². The van der Waals surface area contributed by atoms with E-state index in [1.807, 2.05) is 0 Å². The summed E-state index contributed by atoms with van der Waals surface area (Å²) in [6, 6.07) is 0. The SMILES string of the molecule is CCO.CCOP(=O)(O)O. The molecule has 0 aliphatic carbocycles. The van der Waals surface area contributed by atoms with Crippen LogP contribution in [0.25, 0.3) is 0 Å². The van der Waals surface area contributed by atoms with Crippen LogP contribution in [-0.2, 0) is 9.09 Å². The molecule has 0 fully saturated rings. The van der Waals surface area contributed by atoms with Crippen LogP contribution < -0.4 is 0 Å². The molecular formula is C4H13O5P. The fourth-order valence-corrected chi connectivity index (χ4v) is 0.505. The third-order valence-electron chi connectivity index (χ3n) is 0.297. The van der Waals surface area contributed by atoms with Crippen molar-refractivity contribution in [3.63, 3.8) is 0 Å². The number of hydrogen-bond acceptors (Lipinski definition) is 3. The summed E-state index contributed by atoms with van der Waals surface area (Å²) in [6.07, 6.45) is 0. The van der Waals surface area contributed by atoms with E-state index in [4.69, 9.17) is 14.9 Å². The van der Waals surface area contributed by atoms with Crippen LogP contribution in [0.4, 0.5) is 0 Å². The van der Waals surface area contributed by atoms with E-state index < -0.39 is 7.82 Å². The average Bonchev–Trinajstić information content (AvgIpc) is 1.63. The van der Waals surface area contributed by atoms with Gasteiger partial charge in [-0.15, -0.1) is 0 Å². The van der Waals surface area contributed by atoms with E-state index in [9.17, 15) is 4.57 Å². The quantitative estimate of drug-likeness (QED) is 0.515. The zero-order valence-electron chi connectivity index (χ0n) is 6.02. The van der Waals surface area contributed by atoms with Gasteiger partial charge in [0.2, 0.25) is 0 Å². The van der Waals surface area contributed by atoms with Crippen LogP contribution in [0.15, 0.2) is 0 Å². The predicted octanol–water partition coefficient (Wildman–Crippen LogP) is 0.114. The first-order valence-electron chi connectivity index (χ1n) is 2.78. The molecule has 0 spiro atoms. The lowest BCUT2D eigenvalue weighted by Crippen LogP contribution is -1.84. The number of rotatable bonds is 2. The average molecular weight is 172 g/mol. The number of hydrogen-bond donors (Lipinski definition) is 3. The van der Waals surface area contributed by atoms with Crippen LogP contribution in [0.2, 0.25) is 0 Å². The monoisotopic (exact) mass is 172 g/mol. The molecule has 0 radical (unpaired) electrons. The summed E-state index contributed by atoms with van der Waals surface area (Å²) >= 11 is 0. The van der Waals surface area contributed by atoms with E-state index >= 15 is 0 Å². The van der Waals surface area contributed by atoms with Gasteiger partial charge in [-0.3, -0.25) is 4.52 Å². The van der Waals surface area contributed by atoms with Crippen molar-refractivity contribution >= 4 is 7.82 Å². The smallest absolute Gasteiger partial charge is 0.397 e. The Morgan fingerprint density at radius 2 is 1.70 bits per heavy atom. The molecule has 0 aliphatic heterocycles. The first-order chi connectivity index (χ1) is 4.47. The van der Waals surface area contributed by atoms with Crippen molar-refractivity contribution in [3.05, 3.63) is 0 Å². The van der Waals surface area contributed by atoms with Crippen molar-refractivity contribution in [1.82, 2.24) is 0 Å². The Labute approximate surface area is 59.9 Å². The van der Waals surface area contributed by atoms with Crippen molar-refractivity contribution in [1.29, 1.82) is 0 Å². The molecule has 0 aromatic rings. The highest BCUT2D eigenvalue weighted by atomic mass is 31.2. The summed E-state index contributed by atoms with van der Waals surface area (Å²) in [5.74, 6) is 0. The molecule has 0 aromatic carbocycles. The van der Waals surface area contributed by atoms with Crippen molar-refractivity contribution in [3.8, 4) is 0 Å². The normalized spacial score (nSPS) is 10.1. The predicted molar refractivity (Wildman–Crippen MR) is 36.4 cm³/mol. The van der Waals surface area contributed by atoms with Crippen molar-refractivity contribution in [2.75, 3.05) is 13.2 Å². The van der Waals surface area contributed by atoms with Gasteiger partial charge in [0.1, 0.15) is 0 Å². The van der Waals surface area contributed by atoms with E-state index in [0.29, 0.717) is 0 Å². The second-order valence-electron chi connectivity index (χ2n) is 1.22. The summed E-state index contributed by atoms with van der Waals surface area (Å²) in [4.78, 5) is 15.8. The molecule has 0 amide bonds. The summed E-state index contributed by atoms with van der Waals surface area (Å²) in [6.45, 7) is 3.49. The van der Waals surface area contributed by atoms with Gasteiger partial charge in [-0.2, -0.15) is 0 Å². The standard InChI is InChI=1S/C2H7O4P.C2H6O/c1-2-6-7(3,4)5;1-2-3/h2H2,1H3,(H2,3,4,5);3H,2H2,1H3. The van der Waals surface area contributed by atoms with Gasteiger partial charge in [0.15, 0.2) is 0 Å². The fraction of sp³-hybridized carbons (Fsp3) is 1.00. The molecule has 0 saturated heterocycles. The Morgan fingerprint density at radius 1 is 1.40 bits per heavy atom. The molecule has 64 valence electrons. The third-order valence-corrected chi connectivity index (χ3v) is 0.892. The molecule has 0 rings (SSSR count). The Hall–Kier alpha value is 0.0700. The second kappa shape index (κ2) is 7.18. The molecule has 6 heteroatoms. The fourth-order valence-electron chi connectivity index (χ4n) is 0.168. The maximum atomic E-state index is 9.70. The van der Waals surface area contributed by atoms with Crippen LogP contribution in [0.3, 0.4) is 0 Å². The molecule has 5 nitrogen and oxygen atoms in total. The first-order valence-corrected chi connectivity index (χ1v) is 4.31. The Balaban J connectivity index is 0. The van der Waals surface area contributed by atoms with Crippen LogP contribution in [0, 0.1) is 0 Å². The van der Waals surface area contributed by atoms with Crippen molar-refractivity contribution in [2.45, 2.75) is 13.8 Å². The highest BCUT2D eigenvalue weighted by molar-refractivity contribution is 7.46. The summed E-state index contributed by atoms with van der Waals surface area (Å²) in [5, 5.41) is 7.57. The van der Waals surface area contributed by atoms with Gasteiger partial charge < -0.3 is 14.9 Å². The van der Waals surface area contributed by atoms with Gasteiger partial charge in [-0.05, 0) is 13.8 Å². The van der Waals surface area contributed by atoms with E-state index in [2.05, 4.69) is 4.52 Å². The third kappa shape index (κ3) is 24.4. The van der Waals surface area contributed by atoms with E-state index in [-0.39, 0.29) is 13.2 Å². The maximum Gasteiger partial charge on any atom is 0.469 e. The lowest BCUT2D eigenvalue weighted by atomic mass is 10.9. The van der Waals surface area contributed by atoms with Gasteiger partial charge >= 0.3 is 7.82 Å². The molecule has 0 aliphatic rings.